The van der Waals surface area contributed by atoms with Crippen LogP contribution in [0.1, 0.15) is 23.2 Å². The molecule has 1 fully saturated rings. The average Bonchev–Trinajstić information content (AvgIpc) is 2.74. The Kier molecular flexibility index (Phi) is 8.82. The summed E-state index contributed by atoms with van der Waals surface area (Å²) in [5, 5.41) is 0. The lowest BCUT2D eigenvalue weighted by Gasteiger charge is -2.32. The van der Waals surface area contributed by atoms with E-state index in [0.29, 0.717) is 37.8 Å². The van der Waals surface area contributed by atoms with E-state index >= 15 is 0 Å². The van der Waals surface area contributed by atoms with Crippen molar-refractivity contribution < 1.29 is 17.9 Å². The van der Waals surface area contributed by atoms with Crippen molar-refractivity contribution in [3.05, 3.63) is 67.8 Å². The molecular weight excluding hydrogens is 388 g/mol. The molecule has 158 valence electrons. The van der Waals surface area contributed by atoms with Crippen LogP contribution in [0.3, 0.4) is 0 Å². The number of amides is 1. The van der Waals surface area contributed by atoms with E-state index in [1.165, 1.54) is 28.6 Å². The number of carbonyl (C=O) groups excluding carboxylic acids is 1. The Morgan fingerprint density at radius 2 is 1.66 bits per heavy atom. The lowest BCUT2D eigenvalue weighted by Crippen LogP contribution is -2.39. The summed E-state index contributed by atoms with van der Waals surface area (Å²) in [5.74, 6) is 0.376. The first kappa shape index (κ1) is 23.1. The predicted molar refractivity (Wildman–Crippen MR) is 115 cm³/mol. The lowest BCUT2D eigenvalue weighted by atomic mass is 9.97. The van der Waals surface area contributed by atoms with Crippen molar-refractivity contribution in [2.75, 3.05) is 39.4 Å². The summed E-state index contributed by atoms with van der Waals surface area (Å²) >= 11 is 0. The van der Waals surface area contributed by atoms with Crippen LogP contribution in [0.2, 0.25) is 0 Å². The third-order valence-corrected chi connectivity index (χ3v) is 6.74. The van der Waals surface area contributed by atoms with E-state index in [1.54, 1.807) is 18.2 Å². The first-order chi connectivity index (χ1) is 13.9. The van der Waals surface area contributed by atoms with Gasteiger partial charge in [-0.05, 0) is 43.0 Å². The Labute approximate surface area is 174 Å². The number of rotatable bonds is 11. The zero-order valence-corrected chi connectivity index (χ0v) is 17.6. The van der Waals surface area contributed by atoms with Gasteiger partial charge in [-0.3, -0.25) is 4.79 Å². The Morgan fingerprint density at radius 3 is 2.17 bits per heavy atom. The summed E-state index contributed by atoms with van der Waals surface area (Å²) in [7, 11) is -3.67. The van der Waals surface area contributed by atoms with Gasteiger partial charge < -0.3 is 9.64 Å². The first-order valence-electron chi connectivity index (χ1n) is 9.74. The van der Waals surface area contributed by atoms with E-state index in [4.69, 9.17) is 4.74 Å². The highest BCUT2D eigenvalue weighted by Gasteiger charge is 2.25. The number of hydrogen-bond acceptors (Lipinski definition) is 4. The minimum absolute atomic E-state index is 0.0755. The van der Waals surface area contributed by atoms with Crippen molar-refractivity contribution in [3.63, 3.8) is 0 Å². The molecule has 0 N–H and O–H groups in total. The highest BCUT2D eigenvalue weighted by Crippen LogP contribution is 2.21. The van der Waals surface area contributed by atoms with Crippen LogP contribution in [0.25, 0.3) is 0 Å². The van der Waals surface area contributed by atoms with Gasteiger partial charge in [-0.2, -0.15) is 4.31 Å². The molecule has 1 amide bonds. The molecule has 1 aliphatic heterocycles. The lowest BCUT2D eigenvalue weighted by molar-refractivity contribution is 0.0575. The Bertz CT molecular complexity index is 800. The fourth-order valence-corrected chi connectivity index (χ4v) is 4.66. The highest BCUT2D eigenvalue weighted by molar-refractivity contribution is 7.89. The predicted octanol–water partition coefficient (Wildman–Crippen LogP) is 3.10. The monoisotopic (exact) mass is 418 g/mol. The van der Waals surface area contributed by atoms with E-state index in [1.807, 2.05) is 4.90 Å². The van der Waals surface area contributed by atoms with Crippen LogP contribution in [-0.2, 0) is 14.8 Å². The summed E-state index contributed by atoms with van der Waals surface area (Å²) in [6.45, 7) is 13.8. The second-order valence-corrected chi connectivity index (χ2v) is 8.92. The molecule has 1 aromatic rings. The number of sulfonamides is 1. The third kappa shape index (κ3) is 6.13. The molecule has 29 heavy (non-hydrogen) atoms. The molecule has 0 bridgehead atoms. The highest BCUT2D eigenvalue weighted by atomic mass is 32.2. The number of likely N-dealkylation sites (tertiary alicyclic amines) is 1. The van der Waals surface area contributed by atoms with Crippen LogP contribution in [-0.4, -0.2) is 62.9 Å². The van der Waals surface area contributed by atoms with Gasteiger partial charge in [0.2, 0.25) is 10.0 Å². The molecule has 0 atom stereocenters. The number of piperidine rings is 1. The zero-order valence-electron chi connectivity index (χ0n) is 16.8. The average molecular weight is 419 g/mol. The number of carbonyl (C=O) groups is 1. The summed E-state index contributed by atoms with van der Waals surface area (Å²) in [4.78, 5) is 14.7. The normalized spacial score (nSPS) is 15.3. The second kappa shape index (κ2) is 11.1. The molecule has 0 aromatic heterocycles. The minimum atomic E-state index is -3.67. The molecule has 1 heterocycles. The summed E-state index contributed by atoms with van der Waals surface area (Å²) in [5.41, 5.74) is 0.490. The smallest absolute Gasteiger partial charge is 0.253 e. The van der Waals surface area contributed by atoms with Gasteiger partial charge in [-0.25, -0.2) is 8.42 Å². The van der Waals surface area contributed by atoms with Gasteiger partial charge in [0.25, 0.3) is 5.91 Å². The molecule has 6 nitrogen and oxygen atoms in total. The third-order valence-electron chi connectivity index (χ3n) is 4.90. The molecule has 1 aromatic carbocycles. The fraction of sp³-hybridized carbons (Fsp3) is 0.409. The van der Waals surface area contributed by atoms with Crippen molar-refractivity contribution in [2.24, 2.45) is 5.92 Å². The van der Waals surface area contributed by atoms with E-state index in [2.05, 4.69) is 19.7 Å². The Morgan fingerprint density at radius 1 is 1.07 bits per heavy atom. The molecule has 1 saturated heterocycles. The van der Waals surface area contributed by atoms with Gasteiger partial charge in [-0.1, -0.05) is 18.2 Å². The number of hydrogen-bond donors (Lipinski definition) is 0. The standard InChI is InChI=1S/C22H30N2O4S/c1-4-13-24(14-5-2)29(26,27)21-9-7-20(8-10-21)22(25)23-15-11-19(12-16-23)18-28-17-6-3/h4-10,19H,1-3,11-18H2. The summed E-state index contributed by atoms with van der Waals surface area (Å²) in [6.07, 6.45) is 6.59. The first-order valence-corrected chi connectivity index (χ1v) is 11.2. The number of ether oxygens (including phenoxy) is 1. The summed E-state index contributed by atoms with van der Waals surface area (Å²) < 4.78 is 32.3. The van der Waals surface area contributed by atoms with Gasteiger partial charge in [0.15, 0.2) is 0 Å². The van der Waals surface area contributed by atoms with E-state index < -0.39 is 10.0 Å². The second-order valence-electron chi connectivity index (χ2n) is 6.99. The number of benzene rings is 1. The number of nitrogens with zero attached hydrogens (tertiary/aromatic N) is 2. The molecule has 0 radical (unpaired) electrons. The topological polar surface area (TPSA) is 66.9 Å². The van der Waals surface area contributed by atoms with Crippen LogP contribution >= 0.6 is 0 Å². The van der Waals surface area contributed by atoms with Crippen LogP contribution in [0.15, 0.2) is 67.1 Å². The van der Waals surface area contributed by atoms with Gasteiger partial charge >= 0.3 is 0 Å². The van der Waals surface area contributed by atoms with Crippen molar-refractivity contribution in [2.45, 2.75) is 17.7 Å². The molecule has 1 aliphatic rings. The maximum Gasteiger partial charge on any atom is 0.253 e. The molecule has 0 saturated carbocycles. The quantitative estimate of drug-likeness (QED) is 0.409. The maximum atomic E-state index is 12.8. The van der Waals surface area contributed by atoms with Crippen molar-refractivity contribution in [1.82, 2.24) is 9.21 Å². The Balaban J connectivity index is 2.01. The van der Waals surface area contributed by atoms with Gasteiger partial charge in [0, 0.05) is 38.3 Å². The minimum Gasteiger partial charge on any atom is -0.377 e. The molecular formula is C22H30N2O4S. The van der Waals surface area contributed by atoms with Gasteiger partial charge in [0.05, 0.1) is 11.5 Å². The van der Waals surface area contributed by atoms with Crippen molar-refractivity contribution in [1.29, 1.82) is 0 Å². The van der Waals surface area contributed by atoms with E-state index in [9.17, 15) is 13.2 Å². The molecule has 0 aliphatic carbocycles. The largest absolute Gasteiger partial charge is 0.377 e. The van der Waals surface area contributed by atoms with Crippen LogP contribution in [0.4, 0.5) is 0 Å². The van der Waals surface area contributed by atoms with Crippen LogP contribution in [0.5, 0.6) is 0 Å². The molecule has 0 spiro atoms. The van der Waals surface area contributed by atoms with Crippen molar-refractivity contribution >= 4 is 15.9 Å². The van der Waals surface area contributed by atoms with Crippen molar-refractivity contribution in [3.8, 4) is 0 Å². The molecule has 2 rings (SSSR count). The van der Waals surface area contributed by atoms with Gasteiger partial charge in [0.1, 0.15) is 0 Å². The van der Waals surface area contributed by atoms with Gasteiger partial charge in [-0.15, -0.1) is 19.7 Å². The SMILES string of the molecule is C=CCOCC1CCN(C(=O)c2ccc(S(=O)(=O)N(CC=C)CC=C)cc2)CC1. The van der Waals surface area contributed by atoms with Crippen LogP contribution < -0.4 is 0 Å². The van der Waals surface area contributed by atoms with E-state index in [-0.39, 0.29) is 23.9 Å². The Hall–Kier alpha value is -2.22. The fourth-order valence-electron chi connectivity index (χ4n) is 3.28. The summed E-state index contributed by atoms with van der Waals surface area (Å²) in [6, 6.07) is 6.12. The maximum absolute atomic E-state index is 12.8. The van der Waals surface area contributed by atoms with E-state index in [0.717, 1.165) is 12.8 Å². The molecule has 7 heteroatoms. The zero-order chi connectivity index (χ0) is 21.3. The molecule has 0 unspecified atom stereocenters. The van der Waals surface area contributed by atoms with Crippen LogP contribution in [0, 0.1) is 5.92 Å².